The number of amides is 1. The zero-order valence-electron chi connectivity index (χ0n) is 13.7. The fourth-order valence-electron chi connectivity index (χ4n) is 2.54. The van der Waals surface area contributed by atoms with E-state index in [-0.39, 0.29) is 11.2 Å². The molecule has 2 heterocycles. The van der Waals surface area contributed by atoms with E-state index in [4.69, 9.17) is 0 Å². The van der Waals surface area contributed by atoms with E-state index < -0.39 is 0 Å². The molecule has 0 saturated carbocycles. The van der Waals surface area contributed by atoms with Crippen LogP contribution in [0.25, 0.3) is 22.1 Å². The van der Waals surface area contributed by atoms with Gasteiger partial charge in [-0.25, -0.2) is 4.98 Å². The lowest BCUT2D eigenvalue weighted by molar-refractivity contribution is -0.115. The molecular weight excluding hydrogens is 461 g/mol. The summed E-state index contributed by atoms with van der Waals surface area (Å²) in [5.74, 6) is -0.100. The SMILES string of the molecule is CC(Sc1nnc2c(n1)[nH]c1ccccc12)C(=O)Nc1ccc(I)cc1. The third-order valence-electron chi connectivity index (χ3n) is 3.87. The molecular formula is C18H14IN5OS. The Bertz CT molecular complexity index is 1100. The molecule has 0 aliphatic heterocycles. The van der Waals surface area contributed by atoms with Crippen molar-refractivity contribution < 1.29 is 4.79 Å². The molecule has 130 valence electrons. The van der Waals surface area contributed by atoms with Crippen LogP contribution in [-0.2, 0) is 4.79 Å². The molecule has 0 spiro atoms. The molecule has 26 heavy (non-hydrogen) atoms. The number of rotatable bonds is 4. The Kier molecular flexibility index (Phi) is 4.77. The monoisotopic (exact) mass is 475 g/mol. The van der Waals surface area contributed by atoms with Crippen LogP contribution in [-0.4, -0.2) is 31.3 Å². The van der Waals surface area contributed by atoms with Crippen LogP contribution in [0.3, 0.4) is 0 Å². The molecule has 0 radical (unpaired) electrons. The van der Waals surface area contributed by atoms with Crippen molar-refractivity contribution in [2.45, 2.75) is 17.3 Å². The number of hydrogen-bond donors (Lipinski definition) is 2. The largest absolute Gasteiger partial charge is 0.338 e. The second kappa shape index (κ2) is 7.20. The summed E-state index contributed by atoms with van der Waals surface area (Å²) in [7, 11) is 0. The third-order valence-corrected chi connectivity index (χ3v) is 5.54. The fraction of sp³-hybridized carbons (Fsp3) is 0.111. The summed E-state index contributed by atoms with van der Waals surface area (Å²) in [6.07, 6.45) is 0. The number of para-hydroxylation sites is 1. The quantitative estimate of drug-likeness (QED) is 0.341. The average Bonchev–Trinajstić information content (AvgIpc) is 3.01. The minimum atomic E-state index is -0.349. The predicted molar refractivity (Wildman–Crippen MR) is 112 cm³/mol. The summed E-state index contributed by atoms with van der Waals surface area (Å²) < 4.78 is 1.12. The van der Waals surface area contributed by atoms with Gasteiger partial charge in [0.1, 0.15) is 5.52 Å². The van der Waals surface area contributed by atoms with E-state index in [2.05, 4.69) is 48.1 Å². The summed E-state index contributed by atoms with van der Waals surface area (Å²) in [5.41, 5.74) is 3.15. The number of aromatic amines is 1. The Morgan fingerprint density at radius 3 is 2.73 bits per heavy atom. The maximum absolute atomic E-state index is 12.4. The highest BCUT2D eigenvalue weighted by atomic mass is 127. The lowest BCUT2D eigenvalue weighted by Gasteiger charge is -2.10. The number of halogens is 1. The van der Waals surface area contributed by atoms with E-state index >= 15 is 0 Å². The number of thioether (sulfide) groups is 1. The van der Waals surface area contributed by atoms with Crippen LogP contribution in [0.15, 0.2) is 53.7 Å². The van der Waals surface area contributed by atoms with Crippen LogP contribution in [0.4, 0.5) is 5.69 Å². The van der Waals surface area contributed by atoms with E-state index in [1.54, 1.807) is 0 Å². The number of nitrogens with one attached hydrogen (secondary N) is 2. The Balaban J connectivity index is 1.51. The first-order valence-corrected chi connectivity index (χ1v) is 9.90. The Hall–Kier alpha value is -2.20. The number of aromatic nitrogens is 4. The lowest BCUT2D eigenvalue weighted by Crippen LogP contribution is -2.22. The topological polar surface area (TPSA) is 83.6 Å². The minimum absolute atomic E-state index is 0.100. The maximum Gasteiger partial charge on any atom is 0.237 e. The molecule has 2 N–H and O–H groups in total. The molecule has 0 aliphatic carbocycles. The first kappa shape index (κ1) is 17.2. The third kappa shape index (κ3) is 3.51. The Labute approximate surface area is 167 Å². The van der Waals surface area contributed by atoms with Crippen molar-refractivity contribution in [1.29, 1.82) is 0 Å². The number of hydrogen-bond acceptors (Lipinski definition) is 5. The smallest absolute Gasteiger partial charge is 0.237 e. The van der Waals surface area contributed by atoms with E-state index in [1.807, 2.05) is 55.5 Å². The van der Waals surface area contributed by atoms with Gasteiger partial charge >= 0.3 is 0 Å². The van der Waals surface area contributed by atoms with Crippen molar-refractivity contribution in [2.75, 3.05) is 5.32 Å². The Morgan fingerprint density at radius 2 is 1.92 bits per heavy atom. The summed E-state index contributed by atoms with van der Waals surface area (Å²) in [4.78, 5) is 20.1. The van der Waals surface area contributed by atoms with Crippen LogP contribution in [0.5, 0.6) is 0 Å². The van der Waals surface area contributed by atoms with Crippen LogP contribution >= 0.6 is 34.4 Å². The van der Waals surface area contributed by atoms with Gasteiger partial charge in [-0.15, -0.1) is 10.2 Å². The van der Waals surface area contributed by atoms with E-state index in [9.17, 15) is 4.79 Å². The van der Waals surface area contributed by atoms with Gasteiger partial charge in [0.2, 0.25) is 11.1 Å². The van der Waals surface area contributed by atoms with Gasteiger partial charge in [0.05, 0.1) is 5.25 Å². The van der Waals surface area contributed by atoms with Gasteiger partial charge in [-0.3, -0.25) is 4.79 Å². The molecule has 4 rings (SSSR count). The summed E-state index contributed by atoms with van der Waals surface area (Å²) in [6.45, 7) is 1.82. The highest BCUT2D eigenvalue weighted by Crippen LogP contribution is 2.25. The number of carbonyl (C=O) groups is 1. The number of fused-ring (bicyclic) bond motifs is 3. The molecule has 1 atom stereocenters. The Morgan fingerprint density at radius 1 is 1.15 bits per heavy atom. The molecule has 0 aliphatic rings. The molecule has 4 aromatic rings. The van der Waals surface area contributed by atoms with Crippen molar-refractivity contribution in [3.63, 3.8) is 0 Å². The molecule has 8 heteroatoms. The standard InChI is InChI=1S/C18H14IN5OS/c1-10(17(25)20-12-8-6-11(19)7-9-12)26-18-22-16-15(23-24-18)13-4-2-3-5-14(13)21-16/h2-10H,1H3,(H,20,25)(H,21,22,24). The number of nitrogens with zero attached hydrogens (tertiary/aromatic N) is 3. The van der Waals surface area contributed by atoms with Gasteiger partial charge in [-0.05, 0) is 59.8 Å². The van der Waals surface area contributed by atoms with E-state index in [1.165, 1.54) is 11.8 Å². The van der Waals surface area contributed by atoms with Crippen LogP contribution in [0, 0.1) is 3.57 Å². The molecule has 1 unspecified atom stereocenters. The van der Waals surface area contributed by atoms with Gasteiger partial charge in [0, 0.05) is 20.2 Å². The highest BCUT2D eigenvalue weighted by Gasteiger charge is 2.17. The number of anilines is 1. The first-order chi connectivity index (χ1) is 12.6. The van der Waals surface area contributed by atoms with Crippen LogP contribution < -0.4 is 5.32 Å². The molecule has 0 bridgehead atoms. The molecule has 0 saturated heterocycles. The lowest BCUT2D eigenvalue weighted by atomic mass is 10.2. The minimum Gasteiger partial charge on any atom is -0.338 e. The average molecular weight is 475 g/mol. The van der Waals surface area contributed by atoms with Crippen molar-refractivity contribution in [2.24, 2.45) is 0 Å². The predicted octanol–water partition coefficient (Wildman–Crippen LogP) is 4.23. The molecule has 2 aromatic carbocycles. The second-order valence-corrected chi connectivity index (χ2v) is 8.27. The van der Waals surface area contributed by atoms with Crippen molar-refractivity contribution in [1.82, 2.24) is 20.2 Å². The molecule has 1 amide bonds. The van der Waals surface area contributed by atoms with Gasteiger partial charge in [0.25, 0.3) is 0 Å². The zero-order chi connectivity index (χ0) is 18.1. The van der Waals surface area contributed by atoms with Crippen molar-refractivity contribution in [3.8, 4) is 0 Å². The molecule has 6 nitrogen and oxygen atoms in total. The zero-order valence-corrected chi connectivity index (χ0v) is 16.7. The normalized spacial score (nSPS) is 12.4. The summed E-state index contributed by atoms with van der Waals surface area (Å²) in [6, 6.07) is 15.5. The van der Waals surface area contributed by atoms with Crippen LogP contribution in [0.2, 0.25) is 0 Å². The van der Waals surface area contributed by atoms with Crippen molar-refractivity contribution >= 4 is 68.0 Å². The van der Waals surface area contributed by atoms with Gasteiger partial charge in [-0.2, -0.15) is 0 Å². The number of carbonyl (C=O) groups excluding carboxylic acids is 1. The first-order valence-electron chi connectivity index (χ1n) is 7.94. The summed E-state index contributed by atoms with van der Waals surface area (Å²) >= 11 is 3.51. The second-order valence-electron chi connectivity index (χ2n) is 5.72. The fourth-order valence-corrected chi connectivity index (χ4v) is 3.62. The van der Waals surface area contributed by atoms with E-state index in [0.717, 1.165) is 25.7 Å². The van der Waals surface area contributed by atoms with Crippen LogP contribution in [0.1, 0.15) is 6.92 Å². The number of benzene rings is 2. The van der Waals surface area contributed by atoms with Gasteiger partial charge in [-0.1, -0.05) is 30.0 Å². The highest BCUT2D eigenvalue weighted by molar-refractivity contribution is 14.1. The van der Waals surface area contributed by atoms with Gasteiger partial charge in [0.15, 0.2) is 5.65 Å². The van der Waals surface area contributed by atoms with Crippen molar-refractivity contribution in [3.05, 3.63) is 52.1 Å². The number of H-pyrrole nitrogens is 1. The van der Waals surface area contributed by atoms with Gasteiger partial charge < -0.3 is 10.3 Å². The summed E-state index contributed by atoms with van der Waals surface area (Å²) in [5, 5.41) is 12.5. The van der Waals surface area contributed by atoms with E-state index in [0.29, 0.717) is 10.8 Å². The molecule has 0 fully saturated rings. The maximum atomic E-state index is 12.4. The molecule has 2 aromatic heterocycles.